The van der Waals surface area contributed by atoms with E-state index in [2.05, 4.69) is 108 Å². The predicted molar refractivity (Wildman–Crippen MR) is 194 cm³/mol. The van der Waals surface area contributed by atoms with Crippen LogP contribution in [0.5, 0.6) is 5.75 Å². The molecule has 3 radical (unpaired) electrons. The third-order valence-corrected chi connectivity index (χ3v) is 16.0. The number of nitrogens with zero attached hydrogens (tertiary/aromatic N) is 1. The van der Waals surface area contributed by atoms with E-state index in [0.29, 0.717) is 29.8 Å². The zero-order valence-corrected chi connectivity index (χ0v) is 30.3. The van der Waals surface area contributed by atoms with Gasteiger partial charge in [0.2, 0.25) is 8.32 Å². The number of β-amino-alcohol motifs (C(OH)–C–C–N with tert-alkyl or cyclic N) is 1. The van der Waals surface area contributed by atoms with Crippen molar-refractivity contribution in [3.05, 3.63) is 102 Å². The summed E-state index contributed by atoms with van der Waals surface area (Å²) in [5.74, 6) is 0.746. The first-order valence-electron chi connectivity index (χ1n) is 17.1. The summed E-state index contributed by atoms with van der Waals surface area (Å²) in [6, 6.07) is 29.4. The lowest BCUT2D eigenvalue weighted by Gasteiger charge is -2.51. The van der Waals surface area contributed by atoms with Crippen LogP contribution in [0.2, 0.25) is 16.6 Å². The van der Waals surface area contributed by atoms with Crippen LogP contribution >= 0.6 is 0 Å². The van der Waals surface area contributed by atoms with E-state index in [0.717, 1.165) is 36.6 Å². The molecule has 0 aliphatic carbocycles. The van der Waals surface area contributed by atoms with E-state index < -0.39 is 14.4 Å². The highest BCUT2D eigenvalue weighted by molar-refractivity contribution is 6.77. The molecule has 3 aromatic rings. The summed E-state index contributed by atoms with van der Waals surface area (Å²) in [6.07, 6.45) is 1.93. The topological polar surface area (TPSA) is 51.2 Å². The third kappa shape index (κ3) is 9.57. The Balaban J connectivity index is 0.000000875. The minimum Gasteiger partial charge on any atom is -0.489 e. The Kier molecular flexibility index (Phi) is 15.1. The van der Waals surface area contributed by atoms with Gasteiger partial charge < -0.3 is 19.0 Å². The molecule has 46 heavy (non-hydrogen) atoms. The number of ether oxygens (including phenoxy) is 2. The second-order valence-electron chi connectivity index (χ2n) is 13.8. The van der Waals surface area contributed by atoms with Crippen LogP contribution in [0.4, 0.5) is 0 Å². The third-order valence-electron chi connectivity index (χ3n) is 9.88. The monoisotopic (exact) mass is 642 g/mol. The largest absolute Gasteiger partial charge is 0.489 e. The molecule has 5 rings (SSSR count). The van der Waals surface area contributed by atoms with Crippen molar-refractivity contribution >= 4 is 16.7 Å². The number of hydrogen-bond acceptors (Lipinski definition) is 5. The Morgan fingerprint density at radius 2 is 1.30 bits per heavy atom. The maximum absolute atomic E-state index is 11.8. The highest BCUT2D eigenvalue weighted by Crippen LogP contribution is 2.46. The van der Waals surface area contributed by atoms with Crippen molar-refractivity contribution < 1.29 is 19.0 Å². The lowest BCUT2D eigenvalue weighted by atomic mass is 9.84. The van der Waals surface area contributed by atoms with Gasteiger partial charge in [-0.05, 0) is 65.2 Å². The van der Waals surface area contributed by atoms with Crippen molar-refractivity contribution in [1.29, 1.82) is 0 Å². The molecule has 1 N–H and O–H groups in total. The molecule has 0 bridgehead atoms. The van der Waals surface area contributed by atoms with Gasteiger partial charge in [-0.1, -0.05) is 114 Å². The number of aliphatic hydroxyl groups is 1. The van der Waals surface area contributed by atoms with Crippen LogP contribution in [0.3, 0.4) is 0 Å². The Morgan fingerprint density at radius 1 is 0.761 bits per heavy atom. The van der Waals surface area contributed by atoms with Crippen molar-refractivity contribution in [2.24, 2.45) is 0 Å². The number of rotatable bonds is 11. The van der Waals surface area contributed by atoms with E-state index in [1.807, 2.05) is 30.3 Å². The fraction of sp³-hybridized carbons (Fsp3) is 0.538. The molecule has 3 aromatic carbocycles. The van der Waals surface area contributed by atoms with Crippen LogP contribution in [-0.4, -0.2) is 65.2 Å². The highest BCUT2D eigenvalue weighted by atomic mass is 28.4. The van der Waals surface area contributed by atoms with Gasteiger partial charge in [0, 0.05) is 46.7 Å². The Labute approximate surface area is 282 Å². The number of hydrogen-bond donors (Lipinski definition) is 1. The van der Waals surface area contributed by atoms with Crippen molar-refractivity contribution in [3.8, 4) is 5.75 Å². The van der Waals surface area contributed by atoms with Gasteiger partial charge in [-0.3, -0.25) is 4.90 Å². The van der Waals surface area contributed by atoms with E-state index in [4.69, 9.17) is 13.9 Å². The summed E-state index contributed by atoms with van der Waals surface area (Å²) < 4.78 is 18.5. The molecule has 0 spiro atoms. The lowest BCUT2D eigenvalue weighted by Crippen LogP contribution is -2.58. The molecule has 2 aliphatic heterocycles. The fourth-order valence-electron chi connectivity index (χ4n) is 7.53. The second kappa shape index (κ2) is 18.2. The summed E-state index contributed by atoms with van der Waals surface area (Å²) in [6.45, 7) is 20.2. The van der Waals surface area contributed by atoms with Crippen LogP contribution in [0.15, 0.2) is 84.9 Å². The van der Waals surface area contributed by atoms with E-state index in [-0.39, 0.29) is 26.5 Å². The Morgan fingerprint density at radius 3 is 1.80 bits per heavy atom. The maximum atomic E-state index is 11.8. The molecule has 2 aliphatic rings. The zero-order chi connectivity index (χ0) is 32.4. The minimum absolute atomic E-state index is 0. The smallest absolute Gasteiger partial charge is 0.200 e. The fourth-order valence-corrected chi connectivity index (χ4v) is 13.1. The predicted octanol–water partition coefficient (Wildman–Crippen LogP) is 8.76. The van der Waals surface area contributed by atoms with Crippen LogP contribution in [0.25, 0.3) is 0 Å². The Bertz CT molecular complexity index is 1220. The molecule has 4 atom stereocenters. The van der Waals surface area contributed by atoms with Crippen LogP contribution in [-0.2, 0) is 15.8 Å². The van der Waals surface area contributed by atoms with Gasteiger partial charge in [-0.2, -0.15) is 0 Å². The SMILES string of the molecule is C1CCOC1.CC(c1ccccc1)N1CC(O)C(c2ccc(OCc3ccccc3)cc2)C(O[Si](C(C)C)(C(C)C)C(C)C)C1.[B]. The van der Waals surface area contributed by atoms with Gasteiger partial charge in [0.25, 0.3) is 0 Å². The number of likely N-dealkylation sites (tertiary alicyclic amines) is 1. The van der Waals surface area contributed by atoms with E-state index in [1.165, 1.54) is 18.4 Å². The van der Waals surface area contributed by atoms with Gasteiger partial charge >= 0.3 is 0 Å². The molecule has 249 valence electrons. The van der Waals surface area contributed by atoms with Gasteiger partial charge in [0.05, 0.1) is 12.2 Å². The molecular formula is C39H57BNO4Si. The van der Waals surface area contributed by atoms with Crippen molar-refractivity contribution in [3.63, 3.8) is 0 Å². The summed E-state index contributed by atoms with van der Waals surface area (Å²) in [5.41, 5.74) is 4.96. The average Bonchev–Trinajstić information content (AvgIpc) is 3.63. The molecule has 0 aromatic heterocycles. The summed E-state index contributed by atoms with van der Waals surface area (Å²) in [5, 5.41) is 11.8. The first-order valence-corrected chi connectivity index (χ1v) is 19.3. The van der Waals surface area contributed by atoms with Crippen molar-refractivity contribution in [2.45, 2.75) is 109 Å². The molecule has 2 saturated heterocycles. The number of benzene rings is 3. The molecule has 2 heterocycles. The minimum atomic E-state index is -2.19. The molecule has 0 saturated carbocycles. The van der Waals surface area contributed by atoms with Crippen molar-refractivity contribution in [1.82, 2.24) is 4.90 Å². The second-order valence-corrected chi connectivity index (χ2v) is 19.2. The van der Waals surface area contributed by atoms with Crippen LogP contribution in [0.1, 0.15) is 90.0 Å². The molecule has 4 unspecified atom stereocenters. The van der Waals surface area contributed by atoms with Crippen molar-refractivity contribution in [2.75, 3.05) is 26.3 Å². The van der Waals surface area contributed by atoms with E-state index >= 15 is 0 Å². The van der Waals surface area contributed by atoms with Crippen LogP contribution < -0.4 is 4.74 Å². The van der Waals surface area contributed by atoms with Gasteiger partial charge in [-0.25, -0.2) is 0 Å². The standard InChI is InChI=1S/C35H49NO3Si.C4H8O.B/c1-25(2)40(26(3)4,27(5)6)39-34-23-36(28(7)30-16-12-9-13-17-30)22-33(37)35(34)31-18-20-32(21-19-31)38-24-29-14-10-8-11-15-29;1-2-4-5-3-1;/h8-21,25-28,33-35,37H,22-24H2,1-7H3;1-4H2;. The quantitative estimate of drug-likeness (QED) is 0.212. The van der Waals surface area contributed by atoms with Gasteiger partial charge in [0.15, 0.2) is 0 Å². The summed E-state index contributed by atoms with van der Waals surface area (Å²) in [4.78, 5) is 2.42. The normalized spacial score (nSPS) is 21.1. The summed E-state index contributed by atoms with van der Waals surface area (Å²) in [7, 11) is -2.19. The van der Waals surface area contributed by atoms with E-state index in [1.54, 1.807) is 0 Å². The molecular weight excluding hydrogens is 585 g/mol. The van der Waals surface area contributed by atoms with Crippen LogP contribution in [0, 0.1) is 0 Å². The lowest BCUT2D eigenvalue weighted by molar-refractivity contribution is -0.0381. The van der Waals surface area contributed by atoms with E-state index in [9.17, 15) is 5.11 Å². The molecule has 2 fully saturated rings. The average molecular weight is 643 g/mol. The van der Waals surface area contributed by atoms with Gasteiger partial charge in [0.1, 0.15) is 12.4 Å². The highest BCUT2D eigenvalue weighted by Gasteiger charge is 2.50. The number of piperidine rings is 1. The molecule has 5 nitrogen and oxygen atoms in total. The van der Waals surface area contributed by atoms with Gasteiger partial charge in [-0.15, -0.1) is 0 Å². The first kappa shape index (κ1) is 38.0. The zero-order valence-electron chi connectivity index (χ0n) is 29.3. The first-order chi connectivity index (χ1) is 21.6. The molecule has 7 heteroatoms. The maximum Gasteiger partial charge on any atom is 0.200 e. The summed E-state index contributed by atoms with van der Waals surface area (Å²) >= 11 is 0. The number of aliphatic hydroxyl groups excluding tert-OH is 1. The molecule has 0 amide bonds. The Hall–Kier alpha value is -2.42.